The summed E-state index contributed by atoms with van der Waals surface area (Å²) in [5, 5.41) is 4.72. The van der Waals surface area contributed by atoms with Crippen molar-refractivity contribution in [2.75, 3.05) is 18.4 Å². The Balaban J connectivity index is 2.83. The normalized spacial score (nSPS) is 11.4. The van der Waals surface area contributed by atoms with Crippen LogP contribution in [0.2, 0.25) is 5.02 Å². The third-order valence-electron chi connectivity index (χ3n) is 2.09. The van der Waals surface area contributed by atoms with Gasteiger partial charge in [0.05, 0.1) is 17.1 Å². The van der Waals surface area contributed by atoms with Crippen LogP contribution in [0.15, 0.2) is 18.2 Å². The van der Waals surface area contributed by atoms with Gasteiger partial charge in [0.25, 0.3) is 0 Å². The van der Waals surface area contributed by atoms with Crippen molar-refractivity contribution in [2.24, 2.45) is 0 Å². The van der Waals surface area contributed by atoms with Crippen molar-refractivity contribution in [3.63, 3.8) is 0 Å². The summed E-state index contributed by atoms with van der Waals surface area (Å²) in [4.78, 5) is 11.3. The van der Waals surface area contributed by atoms with Crippen LogP contribution in [-0.4, -0.2) is 19.0 Å². The van der Waals surface area contributed by atoms with Crippen molar-refractivity contribution >= 4 is 23.2 Å². The van der Waals surface area contributed by atoms with E-state index >= 15 is 0 Å². The number of carbonyl (C=O) groups excluding carboxylic acids is 1. The van der Waals surface area contributed by atoms with E-state index in [1.54, 1.807) is 0 Å². The minimum absolute atomic E-state index is 0.0421. The van der Waals surface area contributed by atoms with Crippen molar-refractivity contribution in [3.8, 4) is 0 Å². The summed E-state index contributed by atoms with van der Waals surface area (Å²) in [6.45, 7) is 2.46. The first kappa shape index (κ1) is 14.8. The molecule has 0 bridgehead atoms. The van der Waals surface area contributed by atoms with E-state index in [9.17, 15) is 18.0 Å². The molecule has 0 aliphatic heterocycles. The molecule has 0 aliphatic carbocycles. The largest absolute Gasteiger partial charge is 0.417 e. The van der Waals surface area contributed by atoms with Gasteiger partial charge in [-0.05, 0) is 24.7 Å². The summed E-state index contributed by atoms with van der Waals surface area (Å²) >= 11 is 5.46. The van der Waals surface area contributed by atoms with Crippen molar-refractivity contribution in [1.82, 2.24) is 5.32 Å². The van der Waals surface area contributed by atoms with Gasteiger partial charge in [0.2, 0.25) is 5.91 Å². The summed E-state index contributed by atoms with van der Waals surface area (Å²) in [5.41, 5.74) is -0.903. The molecule has 1 amide bonds. The number of anilines is 1. The quantitative estimate of drug-likeness (QED) is 0.890. The Kier molecular flexibility index (Phi) is 4.98. The van der Waals surface area contributed by atoms with E-state index in [1.165, 1.54) is 6.07 Å². The number of alkyl halides is 3. The minimum Gasteiger partial charge on any atom is -0.325 e. The van der Waals surface area contributed by atoms with Crippen molar-refractivity contribution in [3.05, 3.63) is 28.8 Å². The SMILES string of the molecule is CCNCC(=O)Nc1ccc(Cl)c(C(F)(F)F)c1. The molecular formula is C11H12ClF3N2O. The zero-order valence-corrected chi connectivity index (χ0v) is 10.3. The number of likely N-dealkylation sites (N-methyl/N-ethyl adjacent to an activating group) is 1. The second-order valence-corrected chi connectivity index (χ2v) is 3.93. The first-order valence-corrected chi connectivity index (χ1v) is 5.59. The molecule has 0 radical (unpaired) electrons. The fourth-order valence-corrected chi connectivity index (χ4v) is 1.49. The Morgan fingerprint density at radius 3 is 2.61 bits per heavy atom. The zero-order chi connectivity index (χ0) is 13.8. The van der Waals surface area contributed by atoms with Gasteiger partial charge in [-0.25, -0.2) is 0 Å². The number of hydrogen-bond acceptors (Lipinski definition) is 2. The average Bonchev–Trinajstić information content (AvgIpc) is 2.27. The van der Waals surface area contributed by atoms with Gasteiger partial charge in [0.15, 0.2) is 0 Å². The molecule has 0 heterocycles. The highest BCUT2D eigenvalue weighted by molar-refractivity contribution is 6.31. The van der Waals surface area contributed by atoms with Gasteiger partial charge in [-0.15, -0.1) is 0 Å². The summed E-state index contributed by atoms with van der Waals surface area (Å²) in [6.07, 6.45) is -4.54. The summed E-state index contributed by atoms with van der Waals surface area (Å²) in [7, 11) is 0. The third-order valence-corrected chi connectivity index (χ3v) is 2.42. The molecule has 0 aromatic heterocycles. The van der Waals surface area contributed by atoms with Gasteiger partial charge < -0.3 is 10.6 Å². The zero-order valence-electron chi connectivity index (χ0n) is 9.57. The Hall–Kier alpha value is -1.27. The van der Waals surface area contributed by atoms with E-state index in [0.717, 1.165) is 12.1 Å². The number of halogens is 4. The van der Waals surface area contributed by atoms with Crippen LogP contribution >= 0.6 is 11.6 Å². The average molecular weight is 281 g/mol. The van der Waals surface area contributed by atoms with Crippen LogP contribution in [0.1, 0.15) is 12.5 Å². The molecule has 0 fully saturated rings. The molecule has 1 aromatic carbocycles. The van der Waals surface area contributed by atoms with E-state index < -0.39 is 22.7 Å². The summed E-state index contributed by atoms with van der Waals surface area (Å²) in [5.74, 6) is -0.410. The lowest BCUT2D eigenvalue weighted by molar-refractivity contribution is -0.137. The molecule has 3 nitrogen and oxygen atoms in total. The fourth-order valence-electron chi connectivity index (χ4n) is 1.26. The fraction of sp³-hybridized carbons (Fsp3) is 0.364. The molecule has 1 rings (SSSR count). The molecule has 0 atom stereocenters. The molecule has 2 N–H and O–H groups in total. The summed E-state index contributed by atoms with van der Waals surface area (Å²) in [6, 6.07) is 3.24. The van der Waals surface area contributed by atoms with Crippen LogP contribution in [0.5, 0.6) is 0 Å². The molecule has 0 spiro atoms. The molecule has 7 heteroatoms. The van der Waals surface area contributed by atoms with E-state index in [4.69, 9.17) is 11.6 Å². The number of hydrogen-bond donors (Lipinski definition) is 2. The maximum absolute atomic E-state index is 12.6. The molecule has 1 aromatic rings. The van der Waals surface area contributed by atoms with Gasteiger partial charge in [-0.3, -0.25) is 4.79 Å². The van der Waals surface area contributed by atoms with Crippen LogP contribution in [0.25, 0.3) is 0 Å². The second-order valence-electron chi connectivity index (χ2n) is 3.52. The number of amides is 1. The van der Waals surface area contributed by atoms with Crippen molar-refractivity contribution < 1.29 is 18.0 Å². The maximum atomic E-state index is 12.6. The lowest BCUT2D eigenvalue weighted by Gasteiger charge is -2.11. The number of carbonyl (C=O) groups is 1. The number of rotatable bonds is 4. The van der Waals surface area contributed by atoms with E-state index in [-0.39, 0.29) is 12.2 Å². The van der Waals surface area contributed by atoms with Gasteiger partial charge in [-0.1, -0.05) is 18.5 Å². The first-order chi connectivity index (χ1) is 8.34. The smallest absolute Gasteiger partial charge is 0.325 e. The highest BCUT2D eigenvalue weighted by atomic mass is 35.5. The van der Waals surface area contributed by atoms with Crippen LogP contribution in [0.3, 0.4) is 0 Å². The monoisotopic (exact) mass is 280 g/mol. The predicted molar refractivity (Wildman–Crippen MR) is 63.6 cm³/mol. The van der Waals surface area contributed by atoms with Crippen LogP contribution < -0.4 is 10.6 Å². The van der Waals surface area contributed by atoms with E-state index in [2.05, 4.69) is 10.6 Å². The van der Waals surface area contributed by atoms with Crippen molar-refractivity contribution in [1.29, 1.82) is 0 Å². The molecular weight excluding hydrogens is 269 g/mol. The van der Waals surface area contributed by atoms with Gasteiger partial charge in [0, 0.05) is 5.69 Å². The minimum atomic E-state index is -4.54. The predicted octanol–water partition coefficient (Wildman–Crippen LogP) is 2.91. The van der Waals surface area contributed by atoms with Gasteiger partial charge in [0.1, 0.15) is 0 Å². The van der Waals surface area contributed by atoms with Crippen LogP contribution in [0.4, 0.5) is 18.9 Å². The van der Waals surface area contributed by atoms with Gasteiger partial charge in [-0.2, -0.15) is 13.2 Å². The van der Waals surface area contributed by atoms with Gasteiger partial charge >= 0.3 is 6.18 Å². The lowest BCUT2D eigenvalue weighted by Crippen LogP contribution is -2.27. The summed E-state index contributed by atoms with van der Waals surface area (Å²) < 4.78 is 37.7. The standard InChI is InChI=1S/C11H12ClF3N2O/c1-2-16-6-10(18)17-7-3-4-9(12)8(5-7)11(13,14)15/h3-5,16H,2,6H2,1H3,(H,17,18). The molecule has 0 unspecified atom stereocenters. The van der Waals surface area contributed by atoms with E-state index in [0.29, 0.717) is 6.54 Å². The highest BCUT2D eigenvalue weighted by Crippen LogP contribution is 2.36. The van der Waals surface area contributed by atoms with Crippen LogP contribution in [-0.2, 0) is 11.0 Å². The highest BCUT2D eigenvalue weighted by Gasteiger charge is 2.33. The Bertz CT molecular complexity index is 435. The molecule has 0 saturated heterocycles. The Morgan fingerprint density at radius 2 is 2.06 bits per heavy atom. The lowest BCUT2D eigenvalue weighted by atomic mass is 10.2. The topological polar surface area (TPSA) is 41.1 Å². The van der Waals surface area contributed by atoms with E-state index in [1.807, 2.05) is 6.92 Å². The third kappa shape index (κ3) is 4.19. The first-order valence-electron chi connectivity index (χ1n) is 5.22. The maximum Gasteiger partial charge on any atom is 0.417 e. The second kappa shape index (κ2) is 6.06. The van der Waals surface area contributed by atoms with Crippen molar-refractivity contribution in [2.45, 2.75) is 13.1 Å². The molecule has 0 aliphatic rings. The number of benzene rings is 1. The van der Waals surface area contributed by atoms with Crippen LogP contribution in [0, 0.1) is 0 Å². The Labute approximate surface area is 107 Å². The molecule has 100 valence electrons. The molecule has 0 saturated carbocycles. The Morgan fingerprint density at radius 1 is 1.39 bits per heavy atom. The molecule has 18 heavy (non-hydrogen) atoms. The number of nitrogens with one attached hydrogen (secondary N) is 2.